The Hall–Kier alpha value is -1.89. The summed E-state index contributed by atoms with van der Waals surface area (Å²) in [7, 11) is 0. The fraction of sp³-hybridized carbons (Fsp3) is 0.316. The number of carbonyl (C=O) groups is 1. The lowest BCUT2D eigenvalue weighted by Gasteiger charge is -2.05. The van der Waals surface area contributed by atoms with Crippen LogP contribution in [0.2, 0.25) is 0 Å². The molecule has 0 aliphatic rings. The van der Waals surface area contributed by atoms with E-state index < -0.39 is 0 Å². The monoisotopic (exact) mass is 270 g/mol. The summed E-state index contributed by atoms with van der Waals surface area (Å²) in [6.07, 6.45) is 6.97. The number of rotatable bonds is 5. The van der Waals surface area contributed by atoms with Crippen molar-refractivity contribution in [3.05, 3.63) is 65.8 Å². The second-order valence-corrected chi connectivity index (χ2v) is 4.29. The average Bonchev–Trinajstić information content (AvgIpc) is 2.50. The van der Waals surface area contributed by atoms with Crippen LogP contribution in [0.5, 0.6) is 0 Å². The highest BCUT2D eigenvalue weighted by molar-refractivity contribution is 5.94. The predicted octanol–water partition coefficient (Wildman–Crippen LogP) is 5.84. The van der Waals surface area contributed by atoms with Crippen LogP contribution in [0.15, 0.2) is 54.6 Å². The highest BCUT2D eigenvalue weighted by Crippen LogP contribution is 2.19. The van der Waals surface area contributed by atoms with E-state index in [0.29, 0.717) is 0 Å². The third-order valence-corrected chi connectivity index (χ3v) is 2.91. The van der Waals surface area contributed by atoms with Crippen LogP contribution in [-0.2, 0) is 0 Å². The molecule has 0 aliphatic heterocycles. The average molecular weight is 270 g/mol. The normalized spacial score (nSPS) is 11.4. The second kappa shape index (κ2) is 9.96. The van der Waals surface area contributed by atoms with Crippen LogP contribution in [0.3, 0.4) is 0 Å². The smallest absolute Gasteiger partial charge is 0.159 e. The molecule has 1 nitrogen and oxygen atoms in total. The van der Waals surface area contributed by atoms with Crippen LogP contribution < -0.4 is 0 Å². The van der Waals surface area contributed by atoms with E-state index in [1.807, 2.05) is 51.1 Å². The van der Waals surface area contributed by atoms with Crippen LogP contribution in [-0.4, -0.2) is 5.78 Å². The molecule has 0 fully saturated rings. The number of carbonyl (C=O) groups excluding carboxylic acids is 1. The Morgan fingerprint density at radius 2 is 1.55 bits per heavy atom. The maximum Gasteiger partial charge on any atom is 0.159 e. The van der Waals surface area contributed by atoms with E-state index in [1.54, 1.807) is 6.92 Å². The van der Waals surface area contributed by atoms with Gasteiger partial charge in [-0.3, -0.25) is 4.79 Å². The first-order chi connectivity index (χ1) is 9.58. The number of ketones is 1. The third-order valence-electron chi connectivity index (χ3n) is 2.91. The zero-order valence-electron chi connectivity index (χ0n) is 13.4. The summed E-state index contributed by atoms with van der Waals surface area (Å²) in [5.74, 6) is 0.103. The summed E-state index contributed by atoms with van der Waals surface area (Å²) in [4.78, 5) is 11.2. The molecule has 108 valence electrons. The maximum atomic E-state index is 11.2. The lowest BCUT2D eigenvalue weighted by atomic mass is 10.00. The quantitative estimate of drug-likeness (QED) is 0.485. The third kappa shape index (κ3) is 5.83. The molecule has 1 rings (SSSR count). The minimum Gasteiger partial charge on any atom is -0.295 e. The molecule has 0 amide bonds. The summed E-state index contributed by atoms with van der Waals surface area (Å²) in [5.41, 5.74) is 4.32. The summed E-state index contributed by atoms with van der Waals surface area (Å²) in [6, 6.07) is 7.77. The van der Waals surface area contributed by atoms with E-state index in [1.165, 1.54) is 5.57 Å². The van der Waals surface area contributed by atoms with Crippen molar-refractivity contribution in [3.8, 4) is 0 Å². The van der Waals surface area contributed by atoms with Gasteiger partial charge < -0.3 is 0 Å². The first-order valence-corrected chi connectivity index (χ1v) is 7.19. The molecule has 0 spiro atoms. The number of benzene rings is 1. The molecular formula is C19H26O. The molecule has 1 heteroatoms. The van der Waals surface area contributed by atoms with Crippen molar-refractivity contribution in [1.29, 1.82) is 0 Å². The largest absolute Gasteiger partial charge is 0.295 e. The first-order valence-electron chi connectivity index (χ1n) is 7.19. The van der Waals surface area contributed by atoms with Gasteiger partial charge in [0, 0.05) is 5.56 Å². The van der Waals surface area contributed by atoms with Crippen LogP contribution in [0.1, 0.15) is 57.0 Å². The lowest BCUT2D eigenvalue weighted by molar-refractivity contribution is 0.101. The Labute approximate surface area is 123 Å². The molecule has 0 heterocycles. The van der Waals surface area contributed by atoms with E-state index in [-0.39, 0.29) is 5.78 Å². The predicted molar refractivity (Wildman–Crippen MR) is 90.0 cm³/mol. The Balaban J connectivity index is 0.00000172. The fourth-order valence-electron chi connectivity index (χ4n) is 1.64. The second-order valence-electron chi connectivity index (χ2n) is 4.29. The molecule has 0 saturated carbocycles. The van der Waals surface area contributed by atoms with Gasteiger partial charge in [0.15, 0.2) is 5.78 Å². The van der Waals surface area contributed by atoms with Gasteiger partial charge in [0.25, 0.3) is 0 Å². The number of hydrogen-bond acceptors (Lipinski definition) is 1. The van der Waals surface area contributed by atoms with Crippen molar-refractivity contribution >= 4 is 11.4 Å². The molecule has 0 bridgehead atoms. The van der Waals surface area contributed by atoms with Crippen LogP contribution in [0.25, 0.3) is 5.57 Å². The standard InChI is InChI=1S/C17H20O.C2H6/c1-5-13(3)7-8-15(6-2)17-11-9-16(10-12-17)14(4)18;1-2/h5,7-12H,1,6H2,2-4H3;1-2H3/b13-7-,15-8+;. The van der Waals surface area contributed by atoms with Crippen molar-refractivity contribution in [2.75, 3.05) is 0 Å². The van der Waals surface area contributed by atoms with Crippen LogP contribution >= 0.6 is 0 Å². The summed E-state index contributed by atoms with van der Waals surface area (Å²) >= 11 is 0. The zero-order chi connectivity index (χ0) is 15.5. The molecule has 0 radical (unpaired) electrons. The van der Waals surface area contributed by atoms with Gasteiger partial charge in [-0.15, -0.1) is 0 Å². The van der Waals surface area contributed by atoms with Gasteiger partial charge in [0.1, 0.15) is 0 Å². The van der Waals surface area contributed by atoms with E-state index in [9.17, 15) is 4.79 Å². The first kappa shape index (κ1) is 18.1. The molecule has 0 aromatic heterocycles. The molecule has 0 aliphatic carbocycles. The Morgan fingerprint density at radius 3 is 1.95 bits per heavy atom. The minimum atomic E-state index is 0.103. The SMILES string of the molecule is C=C/C(C)=C\C=C(/CC)c1ccc(C(C)=O)cc1.CC. The molecular weight excluding hydrogens is 244 g/mol. The number of hydrogen-bond donors (Lipinski definition) is 0. The van der Waals surface area contributed by atoms with E-state index in [2.05, 4.69) is 25.7 Å². The number of allylic oxidation sites excluding steroid dienone is 5. The molecule has 0 atom stereocenters. The van der Waals surface area contributed by atoms with Gasteiger partial charge in [0.05, 0.1) is 0 Å². The number of Topliss-reactive ketones (excluding diaryl/α,β-unsaturated/α-hetero) is 1. The molecule has 0 N–H and O–H groups in total. The van der Waals surface area contributed by atoms with Crippen molar-refractivity contribution < 1.29 is 4.79 Å². The van der Waals surface area contributed by atoms with Crippen molar-refractivity contribution in [2.24, 2.45) is 0 Å². The molecule has 0 saturated heterocycles. The van der Waals surface area contributed by atoms with Crippen LogP contribution in [0.4, 0.5) is 0 Å². The fourth-order valence-corrected chi connectivity index (χ4v) is 1.64. The molecule has 20 heavy (non-hydrogen) atoms. The van der Waals surface area contributed by atoms with E-state index in [4.69, 9.17) is 0 Å². The maximum absolute atomic E-state index is 11.2. The lowest BCUT2D eigenvalue weighted by Crippen LogP contribution is -1.92. The van der Waals surface area contributed by atoms with Gasteiger partial charge in [0.2, 0.25) is 0 Å². The molecule has 1 aromatic rings. The Kier molecular flexibility index (Phi) is 9.02. The molecule has 1 aromatic carbocycles. The summed E-state index contributed by atoms with van der Waals surface area (Å²) < 4.78 is 0. The molecule has 0 unspecified atom stereocenters. The van der Waals surface area contributed by atoms with E-state index >= 15 is 0 Å². The van der Waals surface area contributed by atoms with Gasteiger partial charge in [-0.2, -0.15) is 0 Å². The Bertz CT molecular complexity index is 487. The summed E-state index contributed by atoms with van der Waals surface area (Å²) in [5, 5.41) is 0. The highest BCUT2D eigenvalue weighted by atomic mass is 16.1. The zero-order valence-corrected chi connectivity index (χ0v) is 13.4. The Morgan fingerprint density at radius 1 is 1.05 bits per heavy atom. The van der Waals surface area contributed by atoms with Gasteiger partial charge in [-0.25, -0.2) is 0 Å². The van der Waals surface area contributed by atoms with Crippen LogP contribution in [0, 0.1) is 0 Å². The van der Waals surface area contributed by atoms with Gasteiger partial charge in [-0.05, 0) is 31.4 Å². The van der Waals surface area contributed by atoms with Crippen molar-refractivity contribution in [1.82, 2.24) is 0 Å². The highest BCUT2D eigenvalue weighted by Gasteiger charge is 2.01. The van der Waals surface area contributed by atoms with Crippen molar-refractivity contribution in [2.45, 2.75) is 41.0 Å². The summed E-state index contributed by atoms with van der Waals surface area (Å²) in [6.45, 7) is 13.5. The van der Waals surface area contributed by atoms with Crippen molar-refractivity contribution in [3.63, 3.8) is 0 Å². The minimum absolute atomic E-state index is 0.103. The van der Waals surface area contributed by atoms with E-state index in [0.717, 1.165) is 23.1 Å². The topological polar surface area (TPSA) is 17.1 Å². The van der Waals surface area contributed by atoms with Gasteiger partial charge in [-0.1, -0.05) is 75.4 Å². The van der Waals surface area contributed by atoms with Gasteiger partial charge >= 0.3 is 0 Å².